The van der Waals surface area contributed by atoms with E-state index in [2.05, 4.69) is 103 Å². The number of aryl methyl sites for hydroxylation is 6. The Bertz CT molecular complexity index is 2660. The van der Waals surface area contributed by atoms with Crippen LogP contribution < -0.4 is 0 Å². The number of halogens is 2. The Hall–Kier alpha value is -5.40. The zero-order chi connectivity index (χ0) is 41.3. The number of hydrogen-bond acceptors (Lipinski definition) is 8. The SMILES string of the molecule is Cc1cn(-c2ccc(/C=C/c3nc4n(n3)CCC[C@@H]4c3ccc(Cl)s3)cc2C)cn1.Cc1cn(-c2ccc(/C=C/c3nc4n(n3)CCC[C@H]4c3ccc(Cl)s3)cc2C)cn1. The molecule has 0 unspecified atom stereocenters. The molecule has 10 rings (SSSR count). The van der Waals surface area contributed by atoms with E-state index in [1.165, 1.54) is 20.9 Å². The predicted octanol–water partition coefficient (Wildman–Crippen LogP) is 11.8. The Balaban J connectivity index is 0.000000154. The fraction of sp³-hybridized carbons (Fsp3) is 0.261. The van der Waals surface area contributed by atoms with E-state index in [1.807, 2.05) is 63.2 Å². The Kier molecular flexibility index (Phi) is 11.5. The smallest absolute Gasteiger partial charge is 0.174 e. The monoisotopic (exact) mass is 870 g/mol. The van der Waals surface area contributed by atoms with Gasteiger partial charge in [-0.3, -0.25) is 0 Å². The van der Waals surface area contributed by atoms with Gasteiger partial charge in [0.1, 0.15) is 11.6 Å². The molecule has 60 heavy (non-hydrogen) atoms. The molecular formula is C46H44Cl2N10S2. The number of benzene rings is 2. The van der Waals surface area contributed by atoms with E-state index in [9.17, 15) is 0 Å². The van der Waals surface area contributed by atoms with Crippen LogP contribution in [0.5, 0.6) is 0 Å². The van der Waals surface area contributed by atoms with Gasteiger partial charge in [-0.1, -0.05) is 47.5 Å². The summed E-state index contributed by atoms with van der Waals surface area (Å²) in [6, 6.07) is 21.0. The molecule has 8 aromatic rings. The van der Waals surface area contributed by atoms with Crippen LogP contribution in [0.25, 0.3) is 35.7 Å². The van der Waals surface area contributed by atoms with Crippen LogP contribution in [0.15, 0.2) is 85.7 Å². The first kappa shape index (κ1) is 40.0. The average molecular weight is 872 g/mol. The standard InChI is InChI=1S/2C23H22ClN5S/c2*1-15-12-17(5-7-19(15)28-13-16(2)25-14-28)6-10-22-26-23-18(4-3-11-29(23)27-22)20-8-9-21(24)30-20/h2*5-10,12-14,18H,3-4,11H2,1-2H3/b2*10-6+/t2*18-/m10/s1. The van der Waals surface area contributed by atoms with Crippen molar-refractivity contribution in [3.8, 4) is 11.4 Å². The second-order valence-electron chi connectivity index (χ2n) is 15.4. The summed E-state index contributed by atoms with van der Waals surface area (Å²) in [5, 5.41) is 9.43. The predicted molar refractivity (Wildman–Crippen MR) is 245 cm³/mol. The van der Waals surface area contributed by atoms with Crippen molar-refractivity contribution in [2.75, 3.05) is 0 Å². The summed E-state index contributed by atoms with van der Waals surface area (Å²) in [7, 11) is 0. The molecule has 10 nitrogen and oxygen atoms in total. The molecule has 2 aliphatic heterocycles. The first-order valence-electron chi connectivity index (χ1n) is 20.1. The zero-order valence-corrected chi connectivity index (χ0v) is 37.0. The van der Waals surface area contributed by atoms with Gasteiger partial charge in [0.05, 0.1) is 44.6 Å². The van der Waals surface area contributed by atoms with Crippen LogP contribution in [-0.2, 0) is 13.1 Å². The highest BCUT2D eigenvalue weighted by atomic mass is 35.5. The second kappa shape index (κ2) is 17.3. The third-order valence-electron chi connectivity index (χ3n) is 10.9. The van der Waals surface area contributed by atoms with Crippen molar-refractivity contribution >= 4 is 70.2 Å². The quantitative estimate of drug-likeness (QED) is 0.151. The van der Waals surface area contributed by atoms with Crippen LogP contribution in [-0.4, -0.2) is 48.6 Å². The van der Waals surface area contributed by atoms with Crippen molar-refractivity contribution in [1.29, 1.82) is 0 Å². The fourth-order valence-electron chi connectivity index (χ4n) is 8.04. The maximum atomic E-state index is 6.15. The van der Waals surface area contributed by atoms with Crippen LogP contribution in [0.2, 0.25) is 8.67 Å². The summed E-state index contributed by atoms with van der Waals surface area (Å²) in [5.41, 5.74) is 8.95. The lowest BCUT2D eigenvalue weighted by molar-refractivity contribution is 0.448. The first-order valence-corrected chi connectivity index (χ1v) is 22.5. The number of nitrogens with zero attached hydrogens (tertiary/aromatic N) is 10. The maximum absolute atomic E-state index is 6.15. The minimum atomic E-state index is 0.283. The first-order chi connectivity index (χ1) is 29.1. The van der Waals surface area contributed by atoms with Crippen LogP contribution in [0, 0.1) is 27.7 Å². The average Bonchev–Trinajstić information content (AvgIpc) is 4.10. The molecule has 2 aromatic carbocycles. The molecule has 0 N–H and O–H groups in total. The largest absolute Gasteiger partial charge is 0.306 e. The molecule has 8 heterocycles. The Labute approximate surface area is 367 Å². The molecule has 0 bridgehead atoms. The van der Waals surface area contributed by atoms with E-state index in [-0.39, 0.29) is 11.8 Å². The fourth-order valence-corrected chi connectivity index (χ4v) is 10.4. The van der Waals surface area contributed by atoms with Gasteiger partial charge < -0.3 is 9.13 Å². The van der Waals surface area contributed by atoms with Crippen LogP contribution in [0.3, 0.4) is 0 Å². The summed E-state index contributed by atoms with van der Waals surface area (Å²) < 4.78 is 9.87. The Morgan fingerprint density at radius 3 is 1.40 bits per heavy atom. The molecule has 0 saturated heterocycles. The zero-order valence-electron chi connectivity index (χ0n) is 33.8. The van der Waals surface area contributed by atoms with Crippen molar-refractivity contribution in [2.45, 2.75) is 78.3 Å². The van der Waals surface area contributed by atoms with Crippen LogP contribution >= 0.6 is 45.9 Å². The van der Waals surface area contributed by atoms with E-state index in [0.29, 0.717) is 0 Å². The van der Waals surface area contributed by atoms with E-state index < -0.39 is 0 Å². The number of aromatic nitrogens is 10. The summed E-state index contributed by atoms with van der Waals surface area (Å²) in [5.74, 6) is 4.16. The highest BCUT2D eigenvalue weighted by molar-refractivity contribution is 7.16. The van der Waals surface area contributed by atoms with Gasteiger partial charge in [0.25, 0.3) is 0 Å². The molecule has 0 saturated carbocycles. The normalized spacial score (nSPS) is 16.3. The van der Waals surface area contributed by atoms with Gasteiger partial charge in [-0.25, -0.2) is 29.3 Å². The number of fused-ring (bicyclic) bond motifs is 2. The number of thiophene rings is 2. The lowest BCUT2D eigenvalue weighted by Crippen LogP contribution is -2.17. The highest BCUT2D eigenvalue weighted by Crippen LogP contribution is 2.39. The van der Waals surface area contributed by atoms with Gasteiger partial charge in [0.2, 0.25) is 0 Å². The van der Waals surface area contributed by atoms with Gasteiger partial charge in [0, 0.05) is 46.6 Å². The molecule has 0 amide bonds. The summed E-state index contributed by atoms with van der Waals surface area (Å²) in [6.07, 6.45) is 20.3. The van der Waals surface area contributed by atoms with Crippen LogP contribution in [0.4, 0.5) is 0 Å². The molecule has 6 aromatic heterocycles. The number of hydrogen-bond donors (Lipinski definition) is 0. The van der Waals surface area contributed by atoms with Crippen molar-refractivity contribution in [2.24, 2.45) is 0 Å². The number of imidazole rings is 2. The molecule has 0 radical (unpaired) electrons. The van der Waals surface area contributed by atoms with Crippen molar-refractivity contribution in [1.82, 2.24) is 48.6 Å². The topological polar surface area (TPSA) is 97.1 Å². The summed E-state index contributed by atoms with van der Waals surface area (Å²) in [4.78, 5) is 20.8. The Morgan fingerprint density at radius 2 is 1.03 bits per heavy atom. The third-order valence-corrected chi connectivity index (χ3v) is 13.6. The van der Waals surface area contributed by atoms with Gasteiger partial charge in [-0.2, -0.15) is 10.2 Å². The molecule has 304 valence electrons. The van der Waals surface area contributed by atoms with Gasteiger partial charge in [-0.05, 0) is 136 Å². The molecule has 0 aliphatic carbocycles. The van der Waals surface area contributed by atoms with Crippen LogP contribution in [0.1, 0.15) is 104 Å². The van der Waals surface area contributed by atoms with Gasteiger partial charge in [0.15, 0.2) is 11.6 Å². The minimum absolute atomic E-state index is 0.283. The van der Waals surface area contributed by atoms with Crippen molar-refractivity contribution < 1.29 is 0 Å². The van der Waals surface area contributed by atoms with Gasteiger partial charge in [-0.15, -0.1) is 22.7 Å². The Morgan fingerprint density at radius 1 is 0.583 bits per heavy atom. The molecular weight excluding hydrogens is 828 g/mol. The van der Waals surface area contributed by atoms with E-state index in [1.54, 1.807) is 22.7 Å². The molecule has 0 spiro atoms. The van der Waals surface area contributed by atoms with Crippen molar-refractivity contribution in [3.05, 3.63) is 161 Å². The maximum Gasteiger partial charge on any atom is 0.174 e. The highest BCUT2D eigenvalue weighted by Gasteiger charge is 2.28. The summed E-state index contributed by atoms with van der Waals surface area (Å²) >= 11 is 15.6. The molecule has 2 aliphatic rings. The number of rotatable bonds is 8. The minimum Gasteiger partial charge on any atom is -0.306 e. The summed E-state index contributed by atoms with van der Waals surface area (Å²) in [6.45, 7) is 10.1. The van der Waals surface area contributed by atoms with Crippen molar-refractivity contribution in [3.63, 3.8) is 0 Å². The molecule has 14 heteroatoms. The lowest BCUT2D eigenvalue weighted by Gasteiger charge is -2.20. The second-order valence-corrected chi connectivity index (χ2v) is 18.9. The van der Waals surface area contributed by atoms with Gasteiger partial charge >= 0.3 is 0 Å². The third kappa shape index (κ3) is 8.74. The molecule has 0 fully saturated rings. The molecule has 2 atom stereocenters. The van der Waals surface area contributed by atoms with E-state index in [4.69, 9.17) is 43.4 Å². The van der Waals surface area contributed by atoms with E-state index in [0.717, 1.165) is 105 Å². The lowest BCUT2D eigenvalue weighted by atomic mass is 9.97. The van der Waals surface area contributed by atoms with E-state index >= 15 is 0 Å².